The van der Waals surface area contributed by atoms with Gasteiger partial charge in [-0.15, -0.1) is 11.3 Å². The summed E-state index contributed by atoms with van der Waals surface area (Å²) in [5.41, 5.74) is 3.23. The van der Waals surface area contributed by atoms with Gasteiger partial charge < -0.3 is 9.80 Å². The molecule has 1 saturated heterocycles. The van der Waals surface area contributed by atoms with E-state index in [0.717, 1.165) is 56.3 Å². The van der Waals surface area contributed by atoms with Gasteiger partial charge in [-0.05, 0) is 24.6 Å². The topological polar surface area (TPSA) is 39.7 Å². The number of carbonyl (C=O) groups is 1. The van der Waals surface area contributed by atoms with E-state index in [9.17, 15) is 4.79 Å². The van der Waals surface area contributed by atoms with Crippen molar-refractivity contribution in [1.29, 1.82) is 0 Å². The first-order valence-electron chi connectivity index (χ1n) is 10.2. The molecule has 0 radical (unpaired) electrons. The zero-order chi connectivity index (χ0) is 19.7. The van der Waals surface area contributed by atoms with Gasteiger partial charge in [-0.25, -0.2) is 4.98 Å². The zero-order valence-corrected chi connectivity index (χ0v) is 18.0. The molecule has 1 amide bonds. The van der Waals surface area contributed by atoms with Crippen molar-refractivity contribution in [1.82, 2.24) is 19.7 Å². The van der Waals surface area contributed by atoms with E-state index in [1.54, 1.807) is 11.3 Å². The maximum absolute atomic E-state index is 13.8. The van der Waals surface area contributed by atoms with Gasteiger partial charge >= 0.3 is 0 Å². The van der Waals surface area contributed by atoms with Gasteiger partial charge in [0, 0.05) is 57.1 Å². The number of carbonyl (C=O) groups excluding carboxylic acids is 1. The van der Waals surface area contributed by atoms with Crippen molar-refractivity contribution in [2.45, 2.75) is 38.8 Å². The predicted octanol–water partition coefficient (Wildman–Crippen LogP) is 2.59. The second-order valence-electron chi connectivity index (χ2n) is 8.12. The Balaban J connectivity index is 1.59. The smallest absolute Gasteiger partial charge is 0.243 e. The lowest BCUT2D eigenvalue weighted by atomic mass is 9.90. The highest BCUT2D eigenvalue weighted by molar-refractivity contribution is 7.09. The number of piperazine rings is 1. The molecule has 6 heteroatoms. The van der Waals surface area contributed by atoms with Crippen LogP contribution in [-0.4, -0.2) is 70.9 Å². The third kappa shape index (κ3) is 3.61. The summed E-state index contributed by atoms with van der Waals surface area (Å²) in [5, 5.41) is 3.06. The molecule has 28 heavy (non-hydrogen) atoms. The van der Waals surface area contributed by atoms with E-state index in [4.69, 9.17) is 0 Å². The van der Waals surface area contributed by atoms with Gasteiger partial charge in [0.05, 0.1) is 6.54 Å². The van der Waals surface area contributed by atoms with Crippen LogP contribution in [0.4, 0.5) is 0 Å². The molecule has 1 aliphatic heterocycles. The minimum absolute atomic E-state index is 0.238. The number of nitrogens with zero attached hydrogens (tertiary/aromatic N) is 4. The molecular formula is C22H30N4OS. The van der Waals surface area contributed by atoms with Crippen LogP contribution >= 0.6 is 11.3 Å². The van der Waals surface area contributed by atoms with E-state index < -0.39 is 5.54 Å². The molecular weight excluding hydrogens is 368 g/mol. The Kier molecular flexibility index (Phi) is 5.54. The van der Waals surface area contributed by atoms with Crippen molar-refractivity contribution >= 4 is 17.2 Å². The molecule has 150 valence electrons. The van der Waals surface area contributed by atoms with Crippen molar-refractivity contribution in [3.8, 4) is 0 Å². The molecule has 2 heterocycles. The normalized spacial score (nSPS) is 19.5. The van der Waals surface area contributed by atoms with Crippen molar-refractivity contribution < 1.29 is 4.79 Å². The molecule has 2 aliphatic rings. The number of hydrogen-bond donors (Lipinski definition) is 0. The summed E-state index contributed by atoms with van der Waals surface area (Å²) < 4.78 is 0. The predicted molar refractivity (Wildman–Crippen MR) is 114 cm³/mol. The second-order valence-corrected chi connectivity index (χ2v) is 9.06. The highest BCUT2D eigenvalue weighted by Gasteiger charge is 2.50. The number of likely N-dealkylation sites (N-methyl/N-ethyl adjacent to an activating group) is 2. The molecule has 0 bridgehead atoms. The first-order valence-corrected chi connectivity index (χ1v) is 11.1. The Labute approximate surface area is 172 Å². The summed E-state index contributed by atoms with van der Waals surface area (Å²) >= 11 is 1.64. The maximum Gasteiger partial charge on any atom is 0.243 e. The molecule has 5 nitrogen and oxygen atoms in total. The first kappa shape index (κ1) is 19.6. The fourth-order valence-corrected chi connectivity index (χ4v) is 5.53. The van der Waals surface area contributed by atoms with Gasteiger partial charge in [0.15, 0.2) is 0 Å². The van der Waals surface area contributed by atoms with Crippen LogP contribution in [0.2, 0.25) is 0 Å². The zero-order valence-electron chi connectivity index (χ0n) is 17.1. The Morgan fingerprint density at radius 2 is 1.82 bits per heavy atom. The van der Waals surface area contributed by atoms with E-state index in [1.807, 2.05) is 18.9 Å². The van der Waals surface area contributed by atoms with Crippen LogP contribution in [0, 0.1) is 6.92 Å². The van der Waals surface area contributed by atoms with Crippen LogP contribution in [0.5, 0.6) is 0 Å². The summed E-state index contributed by atoms with van der Waals surface area (Å²) in [7, 11) is 1.94. The minimum atomic E-state index is -0.454. The van der Waals surface area contributed by atoms with Gasteiger partial charge in [0.1, 0.15) is 10.5 Å². The lowest BCUT2D eigenvalue weighted by Gasteiger charge is -2.46. The van der Waals surface area contributed by atoms with Crippen LogP contribution in [-0.2, 0) is 24.2 Å². The van der Waals surface area contributed by atoms with Crippen molar-refractivity contribution in [3.63, 3.8) is 0 Å². The largest absolute Gasteiger partial charge is 0.337 e. The third-order valence-electron chi connectivity index (χ3n) is 6.29. The standard InChI is InChI=1S/C22H30N4OS/c1-4-25-9-11-26(12-10-25)22(13-18-7-5-6-8-19(18)14-22)21(27)24(3)15-20-23-17(2)16-28-20/h5-8,16H,4,9-15H2,1-3H3. The SMILES string of the molecule is CCN1CCN(C2(C(=O)N(C)Cc3nc(C)cs3)Cc3ccccc3C2)CC1. The van der Waals surface area contributed by atoms with Crippen molar-refractivity contribution in [2.75, 3.05) is 39.8 Å². The van der Waals surface area contributed by atoms with E-state index in [-0.39, 0.29) is 5.91 Å². The summed E-state index contributed by atoms with van der Waals surface area (Å²) in [6, 6.07) is 8.57. The molecule has 0 atom stereocenters. The molecule has 0 unspecified atom stereocenters. The van der Waals surface area contributed by atoms with Crippen molar-refractivity contribution in [2.24, 2.45) is 0 Å². The first-order chi connectivity index (χ1) is 13.5. The molecule has 4 rings (SSSR count). The number of aromatic nitrogens is 1. The number of amides is 1. The lowest BCUT2D eigenvalue weighted by molar-refractivity contribution is -0.145. The van der Waals surface area contributed by atoms with Gasteiger partial charge in [0.25, 0.3) is 0 Å². The van der Waals surface area contributed by atoms with Crippen molar-refractivity contribution in [3.05, 3.63) is 51.5 Å². The van der Waals surface area contributed by atoms with E-state index in [1.165, 1.54) is 11.1 Å². The number of aryl methyl sites for hydroxylation is 1. The summed E-state index contributed by atoms with van der Waals surface area (Å²) in [6.07, 6.45) is 1.63. The molecule has 0 N–H and O–H groups in total. The van der Waals surface area contributed by atoms with E-state index >= 15 is 0 Å². The molecule has 1 aliphatic carbocycles. The Bertz CT molecular complexity index is 816. The molecule has 0 spiro atoms. The number of thiazole rings is 1. The molecule has 0 saturated carbocycles. The average Bonchev–Trinajstić information content (AvgIpc) is 3.31. The monoisotopic (exact) mass is 398 g/mol. The Morgan fingerprint density at radius 3 is 2.36 bits per heavy atom. The highest BCUT2D eigenvalue weighted by Crippen LogP contribution is 2.37. The molecule has 2 aromatic rings. The average molecular weight is 399 g/mol. The number of fused-ring (bicyclic) bond motifs is 1. The summed E-state index contributed by atoms with van der Waals surface area (Å²) in [5.74, 6) is 0.238. The van der Waals surface area contributed by atoms with Gasteiger partial charge in [-0.1, -0.05) is 31.2 Å². The lowest BCUT2D eigenvalue weighted by Crippen LogP contribution is -2.64. The van der Waals surface area contributed by atoms with Crippen LogP contribution in [0.1, 0.15) is 28.8 Å². The minimum Gasteiger partial charge on any atom is -0.337 e. The number of benzene rings is 1. The van der Waals surface area contributed by atoms with Gasteiger partial charge in [-0.3, -0.25) is 9.69 Å². The number of hydrogen-bond acceptors (Lipinski definition) is 5. The third-order valence-corrected chi connectivity index (χ3v) is 7.24. The van der Waals surface area contributed by atoms with Crippen LogP contribution < -0.4 is 0 Å². The Hall–Kier alpha value is -1.76. The van der Waals surface area contributed by atoms with Gasteiger partial charge in [-0.2, -0.15) is 0 Å². The fraction of sp³-hybridized carbons (Fsp3) is 0.545. The molecule has 1 aromatic carbocycles. The maximum atomic E-state index is 13.8. The fourth-order valence-electron chi connectivity index (χ4n) is 4.70. The van der Waals surface area contributed by atoms with Crippen LogP contribution in [0.25, 0.3) is 0 Å². The molecule has 1 fully saturated rings. The van der Waals surface area contributed by atoms with Crippen LogP contribution in [0.3, 0.4) is 0 Å². The molecule has 1 aromatic heterocycles. The second kappa shape index (κ2) is 7.93. The van der Waals surface area contributed by atoms with Gasteiger partial charge in [0.2, 0.25) is 5.91 Å². The Morgan fingerprint density at radius 1 is 1.18 bits per heavy atom. The van der Waals surface area contributed by atoms with Crippen LogP contribution in [0.15, 0.2) is 29.6 Å². The summed E-state index contributed by atoms with van der Waals surface area (Å²) in [6.45, 7) is 9.88. The van der Waals surface area contributed by atoms with E-state index in [0.29, 0.717) is 6.54 Å². The van der Waals surface area contributed by atoms with E-state index in [2.05, 4.69) is 51.4 Å². The quantitative estimate of drug-likeness (QED) is 0.776. The number of rotatable bonds is 5. The summed E-state index contributed by atoms with van der Waals surface area (Å²) in [4.78, 5) is 25.2. The highest BCUT2D eigenvalue weighted by atomic mass is 32.1.